The third kappa shape index (κ3) is 6.32. The largest absolute Gasteiger partial charge is 1.00 e. The fourth-order valence-corrected chi connectivity index (χ4v) is 2.12. The van der Waals surface area contributed by atoms with E-state index >= 15 is 0 Å². The smallest absolute Gasteiger partial charge is 0.546 e. The first-order valence-corrected chi connectivity index (χ1v) is 6.61. The molecule has 0 fully saturated rings. The van der Waals surface area contributed by atoms with Crippen LogP contribution in [-0.2, 0) is 11.2 Å². The van der Waals surface area contributed by atoms with E-state index in [1.54, 1.807) is 12.1 Å². The minimum Gasteiger partial charge on any atom is -0.546 e. The van der Waals surface area contributed by atoms with Crippen LogP contribution in [0.4, 0.5) is 0 Å². The summed E-state index contributed by atoms with van der Waals surface area (Å²) in [6, 6.07) is 17.9. The number of carbonyl (C=O) groups is 1. The third-order valence-corrected chi connectivity index (χ3v) is 3.19. The van der Waals surface area contributed by atoms with Crippen LogP contribution in [0, 0.1) is 0 Å². The summed E-state index contributed by atoms with van der Waals surface area (Å²) >= 11 is 0. The Labute approximate surface area is 167 Å². The van der Waals surface area contributed by atoms with Crippen molar-refractivity contribution < 1.29 is 66.0 Å². The van der Waals surface area contributed by atoms with Gasteiger partial charge in [0, 0.05) is 0 Å². The van der Waals surface area contributed by atoms with Crippen LogP contribution in [0.2, 0.25) is 0 Å². The maximum absolute atomic E-state index is 10.3. The van der Waals surface area contributed by atoms with Gasteiger partial charge in [-0.15, -0.1) is 0 Å². The zero-order chi connectivity index (χ0) is 14.4. The van der Waals surface area contributed by atoms with Gasteiger partial charge in [-0.25, -0.2) is 0 Å². The number of carboxylic acid groups (broad SMARTS) is 1. The van der Waals surface area contributed by atoms with E-state index in [9.17, 15) is 9.90 Å². The van der Waals surface area contributed by atoms with Crippen LogP contribution in [0.3, 0.4) is 0 Å². The number of hydrogen-bond acceptors (Lipinski definition) is 3. The van der Waals surface area contributed by atoms with Gasteiger partial charge in [0.25, 0.3) is 0 Å². The van der Waals surface area contributed by atoms with Gasteiger partial charge < -0.3 is 14.6 Å². The summed E-state index contributed by atoms with van der Waals surface area (Å²) in [5.74, 6) is -0.233. The monoisotopic (exact) mass is 308 g/mol. The predicted molar refractivity (Wildman–Crippen MR) is 75.5 cm³/mol. The van der Waals surface area contributed by atoms with E-state index < -0.39 is 12.6 Å². The van der Waals surface area contributed by atoms with Gasteiger partial charge in [0.05, 0.1) is 5.97 Å². The van der Waals surface area contributed by atoms with Crippen molar-refractivity contribution in [3.8, 4) is 5.75 Å². The van der Waals surface area contributed by atoms with Gasteiger partial charge in [-0.05, 0) is 35.6 Å². The third-order valence-electron chi connectivity index (χ3n) is 3.19. The molecule has 0 aliphatic rings. The Kier molecular flexibility index (Phi) is 8.22. The molecule has 3 nitrogen and oxygen atoms in total. The normalized spacial score (nSPS) is 11.3. The van der Waals surface area contributed by atoms with Crippen molar-refractivity contribution in [2.24, 2.45) is 0 Å². The number of benzene rings is 2. The summed E-state index contributed by atoms with van der Waals surface area (Å²) in [4.78, 5) is 10.3. The molecule has 0 N–H and O–H groups in total. The van der Waals surface area contributed by atoms with E-state index in [1.165, 1.54) is 11.1 Å². The quantitative estimate of drug-likeness (QED) is 0.654. The van der Waals surface area contributed by atoms with E-state index in [0.29, 0.717) is 11.7 Å². The van der Waals surface area contributed by atoms with Crippen LogP contribution in [0.5, 0.6) is 5.75 Å². The molecule has 0 aromatic heterocycles. The van der Waals surface area contributed by atoms with Crippen LogP contribution in [0.15, 0.2) is 54.6 Å². The molecule has 0 amide bonds. The Hall–Kier alpha value is -0.654. The molecule has 21 heavy (non-hydrogen) atoms. The van der Waals surface area contributed by atoms with Crippen molar-refractivity contribution in [3.63, 3.8) is 0 Å². The Morgan fingerprint density at radius 1 is 1.10 bits per heavy atom. The van der Waals surface area contributed by atoms with E-state index in [0.717, 1.165) is 6.42 Å². The molecule has 0 bridgehead atoms. The Bertz CT molecular complexity index is 552. The summed E-state index contributed by atoms with van der Waals surface area (Å²) in [6.45, 7) is 1.77. The fraction of sp³-hybridized carbons (Fsp3) is 0.235. The number of rotatable bonds is 6. The molecule has 1 unspecified atom stereocenters. The second-order valence-corrected chi connectivity index (χ2v) is 4.82. The van der Waals surface area contributed by atoms with Gasteiger partial charge in [0.15, 0.2) is 0 Å². The summed E-state index contributed by atoms with van der Waals surface area (Å²) in [7, 11) is 0. The molecule has 0 saturated carbocycles. The van der Waals surface area contributed by atoms with E-state index in [4.69, 9.17) is 4.74 Å². The molecule has 0 aliphatic heterocycles. The van der Waals surface area contributed by atoms with E-state index in [-0.39, 0.29) is 51.4 Å². The zero-order valence-electron chi connectivity index (χ0n) is 12.4. The molecular formula is C17H17KO3. The summed E-state index contributed by atoms with van der Waals surface area (Å²) < 4.78 is 5.05. The molecular weight excluding hydrogens is 291 g/mol. The van der Waals surface area contributed by atoms with E-state index in [1.807, 2.05) is 30.3 Å². The molecule has 0 saturated heterocycles. The molecule has 0 spiro atoms. The molecule has 0 heterocycles. The first-order chi connectivity index (χ1) is 9.65. The maximum atomic E-state index is 10.3. The number of hydrogen-bond donors (Lipinski definition) is 0. The molecule has 4 heteroatoms. The minimum atomic E-state index is -1.22. The van der Waals surface area contributed by atoms with Crippen molar-refractivity contribution in [1.29, 1.82) is 0 Å². The van der Waals surface area contributed by atoms with Crippen molar-refractivity contribution in [1.82, 2.24) is 0 Å². The Morgan fingerprint density at radius 3 is 2.29 bits per heavy atom. The van der Waals surface area contributed by atoms with Gasteiger partial charge in [-0.1, -0.05) is 49.4 Å². The summed E-state index contributed by atoms with van der Waals surface area (Å²) in [6.07, 6.45) is 0.935. The van der Waals surface area contributed by atoms with Crippen LogP contribution in [0.1, 0.15) is 24.0 Å². The van der Waals surface area contributed by atoms with Gasteiger partial charge in [0.1, 0.15) is 12.4 Å². The molecule has 1 atom stereocenters. The number of aliphatic carboxylic acids is 1. The molecule has 104 valence electrons. The number of carbonyl (C=O) groups excluding carboxylic acids is 1. The molecule has 0 aliphatic carbocycles. The molecule has 2 aromatic carbocycles. The van der Waals surface area contributed by atoms with Crippen LogP contribution in [-0.4, -0.2) is 12.6 Å². The van der Waals surface area contributed by atoms with Gasteiger partial charge in [-0.3, -0.25) is 0 Å². The Morgan fingerprint density at radius 2 is 1.71 bits per heavy atom. The second-order valence-electron chi connectivity index (χ2n) is 4.82. The first kappa shape index (κ1) is 18.4. The van der Waals surface area contributed by atoms with Gasteiger partial charge in [0.2, 0.25) is 0 Å². The summed E-state index contributed by atoms with van der Waals surface area (Å²) in [5, 5.41) is 10.3. The summed E-state index contributed by atoms with van der Waals surface area (Å²) in [5.41, 5.74) is 2.51. The molecule has 2 rings (SSSR count). The average molecular weight is 308 g/mol. The Balaban J connectivity index is 0.00000220. The fourth-order valence-electron chi connectivity index (χ4n) is 2.12. The predicted octanol–water partition coefficient (Wildman–Crippen LogP) is -0.834. The topological polar surface area (TPSA) is 49.4 Å². The van der Waals surface area contributed by atoms with E-state index in [2.05, 4.69) is 19.1 Å². The van der Waals surface area contributed by atoms with Crippen molar-refractivity contribution in [2.45, 2.75) is 19.3 Å². The standard InChI is InChI=1S/C17H18O3.K/c1-13(15-5-3-2-4-6-15)11-14-7-9-16(10-8-14)20-12-17(18)19;/h2-10,13H,11-12H2,1H3,(H,18,19);/q;+1/p-1. The minimum absolute atomic E-state index is 0. The van der Waals surface area contributed by atoms with Crippen molar-refractivity contribution in [2.75, 3.05) is 6.61 Å². The van der Waals surface area contributed by atoms with Crippen molar-refractivity contribution >= 4 is 5.97 Å². The number of carboxylic acids is 1. The molecule has 0 radical (unpaired) electrons. The van der Waals surface area contributed by atoms with Crippen LogP contribution in [0.25, 0.3) is 0 Å². The van der Waals surface area contributed by atoms with Crippen molar-refractivity contribution in [3.05, 3.63) is 65.7 Å². The maximum Gasteiger partial charge on any atom is 1.00 e. The molecule has 2 aromatic rings. The van der Waals surface area contributed by atoms with Gasteiger partial charge >= 0.3 is 51.4 Å². The average Bonchev–Trinajstić information content (AvgIpc) is 2.47. The first-order valence-electron chi connectivity index (χ1n) is 6.61. The van der Waals surface area contributed by atoms with Crippen LogP contribution < -0.4 is 61.2 Å². The SMILES string of the molecule is CC(Cc1ccc(OCC(=O)[O-])cc1)c1ccccc1.[K+]. The zero-order valence-corrected chi connectivity index (χ0v) is 15.5. The second kappa shape index (κ2) is 9.38. The van der Waals surface area contributed by atoms with Crippen LogP contribution >= 0.6 is 0 Å². The number of ether oxygens (including phenoxy) is 1. The van der Waals surface area contributed by atoms with Gasteiger partial charge in [-0.2, -0.15) is 0 Å².